The largest absolute Gasteiger partial charge is 0.376 e. The number of halogens is 1. The van der Waals surface area contributed by atoms with Gasteiger partial charge in [0.05, 0.1) is 6.54 Å². The van der Waals surface area contributed by atoms with Gasteiger partial charge in [-0.1, -0.05) is 24.3 Å². The Hall–Kier alpha value is -2.69. The van der Waals surface area contributed by atoms with Crippen LogP contribution in [0.1, 0.15) is 28.4 Å². The number of carbonyl (C=O) groups excluding carboxylic acids is 2. The minimum atomic E-state index is -0.287. The van der Waals surface area contributed by atoms with Crippen LogP contribution in [0, 0.1) is 12.7 Å². The smallest absolute Gasteiger partial charge is 0.239 e. The zero-order chi connectivity index (χ0) is 16.8. The molecule has 0 radical (unpaired) electrons. The van der Waals surface area contributed by atoms with Crippen LogP contribution in [0.4, 0.5) is 10.1 Å². The third-order valence-electron chi connectivity index (χ3n) is 3.47. The molecule has 2 rings (SSSR count). The van der Waals surface area contributed by atoms with Gasteiger partial charge in [-0.3, -0.25) is 9.59 Å². The highest BCUT2D eigenvalue weighted by Crippen LogP contribution is 2.15. The Balaban J connectivity index is 1.88. The number of ketones is 1. The van der Waals surface area contributed by atoms with Crippen LogP contribution in [0.3, 0.4) is 0 Å². The van der Waals surface area contributed by atoms with Crippen LogP contribution in [-0.4, -0.2) is 18.2 Å². The molecular weight excluding hydrogens is 295 g/mol. The van der Waals surface area contributed by atoms with Crippen LogP contribution in [0.5, 0.6) is 0 Å². The standard InChI is InChI=1S/C18H19FN2O2/c1-12-7-8-14(9-16(12)19)10-21-18(23)11-20-17-6-4-3-5-15(17)13(2)22/h3-9,20H,10-11H2,1-2H3,(H,21,23). The number of aryl methyl sites for hydroxylation is 1. The van der Waals surface area contributed by atoms with Gasteiger partial charge in [0.2, 0.25) is 5.91 Å². The van der Waals surface area contributed by atoms with E-state index in [1.54, 1.807) is 43.3 Å². The summed E-state index contributed by atoms with van der Waals surface area (Å²) in [7, 11) is 0. The molecule has 0 aromatic heterocycles. The van der Waals surface area contributed by atoms with E-state index in [4.69, 9.17) is 0 Å². The summed E-state index contributed by atoms with van der Waals surface area (Å²) in [6, 6.07) is 11.9. The van der Waals surface area contributed by atoms with Crippen LogP contribution in [0.15, 0.2) is 42.5 Å². The van der Waals surface area contributed by atoms with Crippen molar-refractivity contribution in [3.63, 3.8) is 0 Å². The van der Waals surface area contributed by atoms with Gasteiger partial charge < -0.3 is 10.6 Å². The average molecular weight is 314 g/mol. The Morgan fingerprint density at radius 2 is 1.87 bits per heavy atom. The lowest BCUT2D eigenvalue weighted by molar-refractivity contribution is -0.119. The Morgan fingerprint density at radius 1 is 1.13 bits per heavy atom. The molecule has 0 saturated heterocycles. The molecule has 0 aliphatic heterocycles. The van der Waals surface area contributed by atoms with Crippen LogP contribution in [-0.2, 0) is 11.3 Å². The van der Waals surface area contributed by atoms with E-state index in [-0.39, 0.29) is 30.6 Å². The van der Waals surface area contributed by atoms with Gasteiger partial charge in [0.1, 0.15) is 5.82 Å². The summed E-state index contributed by atoms with van der Waals surface area (Å²) in [5.74, 6) is -0.585. The zero-order valence-corrected chi connectivity index (χ0v) is 13.2. The van der Waals surface area contributed by atoms with Crippen molar-refractivity contribution in [2.75, 3.05) is 11.9 Å². The fourth-order valence-electron chi connectivity index (χ4n) is 2.13. The van der Waals surface area contributed by atoms with Gasteiger partial charge in [0.15, 0.2) is 5.78 Å². The molecule has 5 heteroatoms. The summed E-state index contributed by atoms with van der Waals surface area (Å²) < 4.78 is 13.4. The van der Waals surface area contributed by atoms with E-state index < -0.39 is 0 Å². The summed E-state index contributed by atoms with van der Waals surface area (Å²) in [4.78, 5) is 23.4. The van der Waals surface area contributed by atoms with Crippen LogP contribution in [0.25, 0.3) is 0 Å². The molecular formula is C18H19FN2O2. The Labute approximate surface area is 134 Å². The van der Waals surface area contributed by atoms with Gasteiger partial charge in [-0.05, 0) is 43.2 Å². The maximum Gasteiger partial charge on any atom is 0.239 e. The first kappa shape index (κ1) is 16.7. The molecule has 120 valence electrons. The lowest BCUT2D eigenvalue weighted by atomic mass is 10.1. The highest BCUT2D eigenvalue weighted by Gasteiger charge is 2.08. The van der Waals surface area contributed by atoms with Crippen molar-refractivity contribution in [2.24, 2.45) is 0 Å². The Kier molecular flexibility index (Phi) is 5.46. The summed E-state index contributed by atoms with van der Waals surface area (Å²) in [6.07, 6.45) is 0. The van der Waals surface area contributed by atoms with Crippen molar-refractivity contribution in [1.29, 1.82) is 0 Å². The van der Waals surface area contributed by atoms with Gasteiger partial charge in [-0.25, -0.2) is 4.39 Å². The number of Topliss-reactive ketones (excluding diaryl/α,β-unsaturated/α-hetero) is 1. The van der Waals surface area contributed by atoms with Gasteiger partial charge in [-0.15, -0.1) is 0 Å². The second-order valence-electron chi connectivity index (χ2n) is 5.32. The first-order chi connectivity index (χ1) is 11.0. The Morgan fingerprint density at radius 3 is 2.57 bits per heavy atom. The number of para-hydroxylation sites is 1. The molecule has 0 aliphatic carbocycles. The second kappa shape index (κ2) is 7.54. The summed E-state index contributed by atoms with van der Waals surface area (Å²) in [5.41, 5.74) is 2.44. The molecule has 0 fully saturated rings. The summed E-state index contributed by atoms with van der Waals surface area (Å²) in [5, 5.41) is 5.66. The second-order valence-corrected chi connectivity index (χ2v) is 5.32. The van der Waals surface area contributed by atoms with Crippen molar-refractivity contribution in [3.8, 4) is 0 Å². The van der Waals surface area contributed by atoms with Crippen LogP contribution in [0.2, 0.25) is 0 Å². The van der Waals surface area contributed by atoms with Gasteiger partial charge in [0.25, 0.3) is 0 Å². The average Bonchev–Trinajstić information content (AvgIpc) is 2.54. The minimum absolute atomic E-state index is 0.0403. The molecule has 2 N–H and O–H groups in total. The van der Waals surface area contributed by atoms with Gasteiger partial charge in [-0.2, -0.15) is 0 Å². The third-order valence-corrected chi connectivity index (χ3v) is 3.47. The fourth-order valence-corrected chi connectivity index (χ4v) is 2.13. The van der Waals surface area contributed by atoms with E-state index in [1.807, 2.05) is 0 Å². The number of benzene rings is 2. The van der Waals surface area contributed by atoms with Crippen LogP contribution >= 0.6 is 0 Å². The summed E-state index contributed by atoms with van der Waals surface area (Å²) in [6.45, 7) is 3.46. The molecule has 0 aliphatic rings. The van der Waals surface area contributed by atoms with E-state index >= 15 is 0 Å². The van der Waals surface area contributed by atoms with Crippen molar-refractivity contribution in [2.45, 2.75) is 20.4 Å². The molecule has 4 nitrogen and oxygen atoms in total. The van der Waals surface area contributed by atoms with E-state index in [0.29, 0.717) is 22.4 Å². The van der Waals surface area contributed by atoms with Crippen molar-refractivity contribution in [3.05, 3.63) is 65.0 Å². The molecule has 2 aromatic rings. The number of amides is 1. The van der Waals surface area contributed by atoms with Crippen LogP contribution < -0.4 is 10.6 Å². The molecule has 0 saturated carbocycles. The number of carbonyl (C=O) groups is 2. The molecule has 23 heavy (non-hydrogen) atoms. The van der Waals surface area contributed by atoms with E-state index in [1.165, 1.54) is 13.0 Å². The monoisotopic (exact) mass is 314 g/mol. The first-order valence-electron chi connectivity index (χ1n) is 7.33. The lowest BCUT2D eigenvalue weighted by Gasteiger charge is -2.11. The normalized spacial score (nSPS) is 10.2. The van der Waals surface area contributed by atoms with Gasteiger partial charge in [0, 0.05) is 17.8 Å². The molecule has 0 bridgehead atoms. The third kappa shape index (κ3) is 4.64. The van der Waals surface area contributed by atoms with E-state index in [9.17, 15) is 14.0 Å². The highest BCUT2D eigenvalue weighted by atomic mass is 19.1. The number of nitrogens with one attached hydrogen (secondary N) is 2. The predicted molar refractivity (Wildman–Crippen MR) is 87.9 cm³/mol. The number of anilines is 1. The minimum Gasteiger partial charge on any atom is -0.376 e. The van der Waals surface area contributed by atoms with E-state index in [2.05, 4.69) is 10.6 Å². The number of rotatable bonds is 6. The first-order valence-corrected chi connectivity index (χ1v) is 7.33. The molecule has 0 atom stereocenters. The summed E-state index contributed by atoms with van der Waals surface area (Å²) >= 11 is 0. The quantitative estimate of drug-likeness (QED) is 0.806. The molecule has 0 unspecified atom stereocenters. The zero-order valence-electron chi connectivity index (χ0n) is 13.2. The molecule has 0 spiro atoms. The Bertz CT molecular complexity index is 729. The molecule has 2 aromatic carbocycles. The highest BCUT2D eigenvalue weighted by molar-refractivity contribution is 6.00. The van der Waals surface area contributed by atoms with Crippen molar-refractivity contribution < 1.29 is 14.0 Å². The number of hydrogen-bond acceptors (Lipinski definition) is 3. The topological polar surface area (TPSA) is 58.2 Å². The lowest BCUT2D eigenvalue weighted by Crippen LogP contribution is -2.29. The fraction of sp³-hybridized carbons (Fsp3) is 0.222. The van der Waals surface area contributed by atoms with Crippen molar-refractivity contribution >= 4 is 17.4 Å². The molecule has 1 amide bonds. The SMILES string of the molecule is CC(=O)c1ccccc1NCC(=O)NCc1ccc(C)c(F)c1. The van der Waals surface area contributed by atoms with Gasteiger partial charge >= 0.3 is 0 Å². The maximum atomic E-state index is 13.4. The van der Waals surface area contributed by atoms with E-state index in [0.717, 1.165) is 0 Å². The predicted octanol–water partition coefficient (Wildman–Crippen LogP) is 3.07. The maximum absolute atomic E-state index is 13.4. The number of hydrogen-bond donors (Lipinski definition) is 2. The van der Waals surface area contributed by atoms with Crippen molar-refractivity contribution in [1.82, 2.24) is 5.32 Å². The molecule has 0 heterocycles.